The molecule has 0 radical (unpaired) electrons. The van der Waals surface area contributed by atoms with Crippen molar-refractivity contribution in [2.45, 2.75) is 18.9 Å². The summed E-state index contributed by atoms with van der Waals surface area (Å²) in [6, 6.07) is 5.68. The number of aliphatic hydroxyl groups excluding tert-OH is 1. The SMILES string of the molecule is OC(CCc1cccs1)c1ccc(F)c(F)c1F. The van der Waals surface area contributed by atoms with Gasteiger partial charge in [-0.1, -0.05) is 12.1 Å². The number of benzene rings is 1. The predicted molar refractivity (Wildman–Crippen MR) is 63.9 cm³/mol. The van der Waals surface area contributed by atoms with Gasteiger partial charge in [-0.05, 0) is 30.4 Å². The molecule has 1 heterocycles. The van der Waals surface area contributed by atoms with Crippen LogP contribution in [0.3, 0.4) is 0 Å². The molecule has 1 aromatic heterocycles. The molecule has 2 aromatic rings. The molecular weight excluding hydrogens is 261 g/mol. The van der Waals surface area contributed by atoms with Crippen LogP contribution in [0.15, 0.2) is 29.6 Å². The molecule has 18 heavy (non-hydrogen) atoms. The number of aryl methyl sites for hydroxylation is 1. The van der Waals surface area contributed by atoms with E-state index in [1.54, 1.807) is 0 Å². The Kier molecular flexibility index (Phi) is 4.04. The Bertz CT molecular complexity index is 525. The van der Waals surface area contributed by atoms with Crippen LogP contribution in [0.2, 0.25) is 0 Å². The first kappa shape index (κ1) is 13.1. The summed E-state index contributed by atoms with van der Waals surface area (Å²) in [5.41, 5.74) is -0.203. The maximum absolute atomic E-state index is 13.4. The van der Waals surface area contributed by atoms with E-state index in [0.29, 0.717) is 6.42 Å². The quantitative estimate of drug-likeness (QED) is 0.839. The third-order valence-corrected chi connectivity index (χ3v) is 3.60. The lowest BCUT2D eigenvalue weighted by Gasteiger charge is -2.11. The molecule has 2 rings (SSSR count). The molecule has 1 aromatic carbocycles. The van der Waals surface area contributed by atoms with Crippen LogP contribution in [0.4, 0.5) is 13.2 Å². The number of aliphatic hydroxyl groups is 1. The first-order chi connectivity index (χ1) is 8.59. The molecule has 0 saturated heterocycles. The van der Waals surface area contributed by atoms with E-state index < -0.39 is 23.6 Å². The van der Waals surface area contributed by atoms with Crippen molar-refractivity contribution in [2.75, 3.05) is 0 Å². The second-order valence-electron chi connectivity index (χ2n) is 3.90. The molecule has 0 amide bonds. The zero-order valence-electron chi connectivity index (χ0n) is 9.37. The van der Waals surface area contributed by atoms with Gasteiger partial charge in [-0.2, -0.15) is 0 Å². The summed E-state index contributed by atoms with van der Waals surface area (Å²) >= 11 is 1.53. The highest BCUT2D eigenvalue weighted by Crippen LogP contribution is 2.25. The van der Waals surface area contributed by atoms with Crippen LogP contribution >= 0.6 is 11.3 Å². The molecule has 0 spiro atoms. The van der Waals surface area contributed by atoms with Gasteiger partial charge >= 0.3 is 0 Å². The van der Waals surface area contributed by atoms with Gasteiger partial charge in [0.25, 0.3) is 0 Å². The fourth-order valence-electron chi connectivity index (χ4n) is 1.69. The van der Waals surface area contributed by atoms with E-state index in [4.69, 9.17) is 0 Å². The third kappa shape index (κ3) is 2.73. The first-order valence-electron chi connectivity index (χ1n) is 5.43. The molecule has 5 heteroatoms. The summed E-state index contributed by atoms with van der Waals surface area (Å²) in [4.78, 5) is 1.05. The Morgan fingerprint density at radius 1 is 1.11 bits per heavy atom. The lowest BCUT2D eigenvalue weighted by Crippen LogP contribution is -2.05. The highest BCUT2D eigenvalue weighted by molar-refractivity contribution is 7.09. The Labute approximate surface area is 107 Å². The Hall–Kier alpha value is -1.33. The molecule has 1 N–H and O–H groups in total. The second-order valence-corrected chi connectivity index (χ2v) is 4.93. The van der Waals surface area contributed by atoms with Crippen molar-refractivity contribution >= 4 is 11.3 Å². The highest BCUT2D eigenvalue weighted by Gasteiger charge is 2.19. The first-order valence-corrected chi connectivity index (χ1v) is 6.31. The van der Waals surface area contributed by atoms with E-state index in [1.165, 1.54) is 11.3 Å². The number of thiophene rings is 1. The molecule has 0 saturated carbocycles. The summed E-state index contributed by atoms with van der Waals surface area (Å²) in [6.07, 6.45) is -0.304. The van der Waals surface area contributed by atoms with E-state index in [-0.39, 0.29) is 12.0 Å². The van der Waals surface area contributed by atoms with Crippen LogP contribution in [0, 0.1) is 17.5 Å². The topological polar surface area (TPSA) is 20.2 Å². The van der Waals surface area contributed by atoms with Crippen molar-refractivity contribution in [3.05, 3.63) is 57.5 Å². The summed E-state index contributed by atoms with van der Waals surface area (Å²) in [5, 5.41) is 11.7. The van der Waals surface area contributed by atoms with Gasteiger partial charge in [-0.15, -0.1) is 11.3 Å². The zero-order chi connectivity index (χ0) is 13.1. The largest absolute Gasteiger partial charge is 0.388 e. The van der Waals surface area contributed by atoms with Crippen molar-refractivity contribution in [2.24, 2.45) is 0 Å². The van der Waals surface area contributed by atoms with Gasteiger partial charge in [0.15, 0.2) is 17.5 Å². The van der Waals surface area contributed by atoms with Crippen molar-refractivity contribution in [1.29, 1.82) is 0 Å². The molecule has 0 fully saturated rings. The number of rotatable bonds is 4. The molecule has 0 bridgehead atoms. The third-order valence-electron chi connectivity index (χ3n) is 2.67. The molecule has 1 atom stereocenters. The lowest BCUT2D eigenvalue weighted by atomic mass is 10.0. The lowest BCUT2D eigenvalue weighted by molar-refractivity contribution is 0.162. The summed E-state index contributed by atoms with van der Waals surface area (Å²) in [7, 11) is 0. The highest BCUT2D eigenvalue weighted by atomic mass is 32.1. The van der Waals surface area contributed by atoms with Crippen LogP contribution < -0.4 is 0 Å². The minimum absolute atomic E-state index is 0.203. The molecule has 1 nitrogen and oxygen atoms in total. The van der Waals surface area contributed by atoms with Crippen LogP contribution in [0.25, 0.3) is 0 Å². The maximum atomic E-state index is 13.4. The minimum atomic E-state index is -1.54. The van der Waals surface area contributed by atoms with E-state index in [2.05, 4.69) is 0 Å². The molecule has 1 unspecified atom stereocenters. The Morgan fingerprint density at radius 3 is 2.56 bits per heavy atom. The fraction of sp³-hybridized carbons (Fsp3) is 0.231. The number of hydrogen-bond acceptors (Lipinski definition) is 2. The van der Waals surface area contributed by atoms with Gasteiger partial charge in [0.2, 0.25) is 0 Å². The molecule has 0 aliphatic heterocycles. The molecule has 0 aliphatic rings. The van der Waals surface area contributed by atoms with Gasteiger partial charge in [0, 0.05) is 10.4 Å². The van der Waals surface area contributed by atoms with Crippen molar-refractivity contribution in [3.8, 4) is 0 Å². The summed E-state index contributed by atoms with van der Waals surface area (Å²) in [5.74, 6) is -4.10. The van der Waals surface area contributed by atoms with Gasteiger partial charge in [0.05, 0.1) is 6.10 Å². The van der Waals surface area contributed by atoms with Gasteiger partial charge in [-0.25, -0.2) is 13.2 Å². The van der Waals surface area contributed by atoms with E-state index in [9.17, 15) is 18.3 Å². The summed E-state index contributed by atoms with van der Waals surface area (Å²) < 4.78 is 39.1. The van der Waals surface area contributed by atoms with Crippen molar-refractivity contribution in [1.82, 2.24) is 0 Å². The fourth-order valence-corrected chi connectivity index (χ4v) is 2.41. The van der Waals surface area contributed by atoms with E-state index in [0.717, 1.165) is 17.0 Å². The summed E-state index contributed by atoms with van der Waals surface area (Å²) in [6.45, 7) is 0. The van der Waals surface area contributed by atoms with Gasteiger partial charge < -0.3 is 5.11 Å². The van der Waals surface area contributed by atoms with Crippen molar-refractivity contribution in [3.63, 3.8) is 0 Å². The Balaban J connectivity index is 2.09. The van der Waals surface area contributed by atoms with Crippen molar-refractivity contribution < 1.29 is 18.3 Å². The Morgan fingerprint density at radius 2 is 1.89 bits per heavy atom. The van der Waals surface area contributed by atoms with Crippen LogP contribution in [-0.4, -0.2) is 5.11 Å². The standard InChI is InChI=1S/C13H11F3OS/c14-10-5-4-9(12(15)13(10)16)11(17)6-3-8-2-1-7-18-8/h1-2,4-5,7,11,17H,3,6H2. The van der Waals surface area contributed by atoms with Crippen LogP contribution in [0.5, 0.6) is 0 Å². The number of hydrogen-bond donors (Lipinski definition) is 1. The predicted octanol–water partition coefficient (Wildman–Crippen LogP) is 3.83. The average Bonchev–Trinajstić information content (AvgIpc) is 2.86. The van der Waals surface area contributed by atoms with Gasteiger partial charge in [0.1, 0.15) is 0 Å². The molecule has 0 aliphatic carbocycles. The smallest absolute Gasteiger partial charge is 0.194 e. The molecule has 96 valence electrons. The van der Waals surface area contributed by atoms with Crippen LogP contribution in [-0.2, 0) is 6.42 Å². The van der Waals surface area contributed by atoms with E-state index in [1.807, 2.05) is 17.5 Å². The maximum Gasteiger partial charge on any atom is 0.194 e. The monoisotopic (exact) mass is 272 g/mol. The van der Waals surface area contributed by atoms with Gasteiger partial charge in [-0.3, -0.25) is 0 Å². The average molecular weight is 272 g/mol. The van der Waals surface area contributed by atoms with Crippen LogP contribution in [0.1, 0.15) is 23.0 Å². The zero-order valence-corrected chi connectivity index (χ0v) is 10.2. The second kappa shape index (κ2) is 5.54. The van der Waals surface area contributed by atoms with E-state index >= 15 is 0 Å². The normalized spacial score (nSPS) is 12.7. The minimum Gasteiger partial charge on any atom is -0.388 e. The number of halogens is 3. The molecular formula is C13H11F3OS.